The van der Waals surface area contributed by atoms with Gasteiger partial charge in [-0.2, -0.15) is 5.26 Å². The van der Waals surface area contributed by atoms with Crippen LogP contribution < -0.4 is 0 Å². The third kappa shape index (κ3) is 3.09. The molecule has 0 aromatic carbocycles. The van der Waals surface area contributed by atoms with Crippen LogP contribution in [0.25, 0.3) is 0 Å². The normalized spacial score (nSPS) is 15.3. The van der Waals surface area contributed by atoms with Gasteiger partial charge in [0.2, 0.25) is 0 Å². The standard InChI is InChI=1S/C12H19NO2/c1-5-7-10(8-6-2)12(3,9-13)11(14)15-4/h7H,5-6,8H2,1-4H3. The first-order valence-corrected chi connectivity index (χ1v) is 5.25. The number of hydrogen-bond acceptors (Lipinski definition) is 3. The number of hydrogen-bond donors (Lipinski definition) is 0. The van der Waals surface area contributed by atoms with Crippen molar-refractivity contribution in [1.29, 1.82) is 5.26 Å². The number of carbonyl (C=O) groups is 1. The molecule has 84 valence electrons. The molecule has 0 spiro atoms. The lowest BCUT2D eigenvalue weighted by atomic mass is 9.80. The molecule has 3 nitrogen and oxygen atoms in total. The minimum absolute atomic E-state index is 0.474. The molecule has 0 amide bonds. The van der Waals surface area contributed by atoms with Crippen LogP contribution in [0, 0.1) is 16.7 Å². The fourth-order valence-electron chi connectivity index (χ4n) is 1.52. The van der Waals surface area contributed by atoms with E-state index >= 15 is 0 Å². The van der Waals surface area contributed by atoms with Crippen LogP contribution in [0.1, 0.15) is 40.0 Å². The average molecular weight is 209 g/mol. The molecule has 0 aromatic rings. The minimum atomic E-state index is -1.12. The number of rotatable bonds is 5. The summed E-state index contributed by atoms with van der Waals surface area (Å²) in [5.74, 6) is -0.474. The lowest BCUT2D eigenvalue weighted by Gasteiger charge is -2.22. The quantitative estimate of drug-likeness (QED) is 0.516. The second-order valence-electron chi connectivity index (χ2n) is 3.62. The number of nitrogens with zero attached hydrogens (tertiary/aromatic N) is 1. The largest absolute Gasteiger partial charge is 0.468 e. The third-order valence-electron chi connectivity index (χ3n) is 2.43. The number of methoxy groups -OCH3 is 1. The Labute approximate surface area is 91.7 Å². The molecular formula is C12H19NO2. The smallest absolute Gasteiger partial charge is 0.330 e. The summed E-state index contributed by atoms with van der Waals surface area (Å²) in [5, 5.41) is 9.12. The Morgan fingerprint density at radius 3 is 2.47 bits per heavy atom. The Kier molecular flexibility index (Phi) is 5.69. The van der Waals surface area contributed by atoms with Crippen molar-refractivity contribution in [2.75, 3.05) is 7.11 Å². The molecule has 0 saturated heterocycles. The van der Waals surface area contributed by atoms with Crippen LogP contribution >= 0.6 is 0 Å². The molecule has 0 fully saturated rings. The maximum Gasteiger partial charge on any atom is 0.330 e. The van der Waals surface area contributed by atoms with Crippen molar-refractivity contribution in [3.8, 4) is 6.07 Å². The second kappa shape index (κ2) is 6.23. The highest BCUT2D eigenvalue weighted by Crippen LogP contribution is 2.31. The van der Waals surface area contributed by atoms with E-state index in [2.05, 4.69) is 10.8 Å². The SMILES string of the molecule is CCC=C(CCC)C(C)(C#N)C(=O)OC. The van der Waals surface area contributed by atoms with Crippen molar-refractivity contribution >= 4 is 5.97 Å². The van der Waals surface area contributed by atoms with Crippen molar-refractivity contribution < 1.29 is 9.53 Å². The lowest BCUT2D eigenvalue weighted by molar-refractivity contribution is -0.146. The highest BCUT2D eigenvalue weighted by atomic mass is 16.5. The molecule has 3 heteroatoms. The zero-order chi connectivity index (χ0) is 11.9. The van der Waals surface area contributed by atoms with E-state index in [1.807, 2.05) is 19.9 Å². The van der Waals surface area contributed by atoms with Crippen LogP contribution in [-0.2, 0) is 9.53 Å². The van der Waals surface area contributed by atoms with Crippen LogP contribution in [0.3, 0.4) is 0 Å². The summed E-state index contributed by atoms with van der Waals surface area (Å²) >= 11 is 0. The molecule has 0 aliphatic carbocycles. The van der Waals surface area contributed by atoms with Crippen LogP contribution in [0.15, 0.2) is 11.6 Å². The summed E-state index contributed by atoms with van der Waals surface area (Å²) in [6.07, 6.45) is 4.44. The Bertz CT molecular complexity index is 288. The van der Waals surface area contributed by atoms with Gasteiger partial charge in [-0.05, 0) is 25.3 Å². The second-order valence-corrected chi connectivity index (χ2v) is 3.62. The zero-order valence-corrected chi connectivity index (χ0v) is 9.96. The van der Waals surface area contributed by atoms with Gasteiger partial charge in [0.1, 0.15) is 0 Å². The fourth-order valence-corrected chi connectivity index (χ4v) is 1.52. The molecule has 0 rings (SSSR count). The first kappa shape index (κ1) is 13.7. The van der Waals surface area contributed by atoms with E-state index in [-0.39, 0.29) is 0 Å². The minimum Gasteiger partial charge on any atom is -0.468 e. The topological polar surface area (TPSA) is 50.1 Å². The molecule has 0 bridgehead atoms. The van der Waals surface area contributed by atoms with Gasteiger partial charge in [0.05, 0.1) is 13.2 Å². The molecule has 0 aliphatic heterocycles. The summed E-state index contributed by atoms with van der Waals surface area (Å²) in [4.78, 5) is 11.6. The van der Waals surface area contributed by atoms with Crippen LogP contribution in [0.5, 0.6) is 0 Å². The number of ether oxygens (including phenoxy) is 1. The van der Waals surface area contributed by atoms with Crippen LogP contribution in [0.4, 0.5) is 0 Å². The van der Waals surface area contributed by atoms with Crippen molar-refractivity contribution in [3.05, 3.63) is 11.6 Å². The summed E-state index contributed by atoms with van der Waals surface area (Å²) in [5.41, 5.74) is -0.261. The molecule has 0 aromatic heterocycles. The maximum absolute atomic E-state index is 11.6. The average Bonchev–Trinajstić information content (AvgIpc) is 2.26. The van der Waals surface area contributed by atoms with E-state index < -0.39 is 11.4 Å². The predicted octanol–water partition coefficient (Wildman–Crippen LogP) is 2.83. The molecule has 0 saturated carbocycles. The summed E-state index contributed by atoms with van der Waals surface area (Å²) in [6.45, 7) is 5.64. The molecule has 0 N–H and O–H groups in total. The van der Waals surface area contributed by atoms with Gasteiger partial charge in [-0.3, -0.25) is 0 Å². The van der Waals surface area contributed by atoms with E-state index in [1.165, 1.54) is 7.11 Å². The van der Waals surface area contributed by atoms with Gasteiger partial charge in [-0.25, -0.2) is 4.79 Å². The molecule has 0 aliphatic rings. The highest BCUT2D eigenvalue weighted by Gasteiger charge is 2.37. The van der Waals surface area contributed by atoms with E-state index in [9.17, 15) is 4.79 Å². The van der Waals surface area contributed by atoms with E-state index in [0.29, 0.717) is 0 Å². The number of nitriles is 1. The number of carbonyl (C=O) groups excluding carboxylic acids is 1. The summed E-state index contributed by atoms with van der Waals surface area (Å²) in [7, 11) is 1.31. The Morgan fingerprint density at radius 1 is 1.53 bits per heavy atom. The molecule has 0 heterocycles. The molecule has 1 atom stereocenters. The van der Waals surface area contributed by atoms with E-state index in [1.54, 1.807) is 6.92 Å². The summed E-state index contributed by atoms with van der Waals surface area (Å²) in [6, 6.07) is 2.06. The summed E-state index contributed by atoms with van der Waals surface area (Å²) < 4.78 is 4.68. The zero-order valence-electron chi connectivity index (χ0n) is 9.96. The Balaban J connectivity index is 5.14. The monoisotopic (exact) mass is 209 g/mol. The first-order chi connectivity index (χ1) is 7.06. The van der Waals surface area contributed by atoms with Gasteiger partial charge in [0.25, 0.3) is 0 Å². The van der Waals surface area contributed by atoms with Crippen LogP contribution in [0.2, 0.25) is 0 Å². The van der Waals surface area contributed by atoms with Gasteiger partial charge in [0.15, 0.2) is 5.41 Å². The van der Waals surface area contributed by atoms with Gasteiger partial charge in [-0.15, -0.1) is 0 Å². The van der Waals surface area contributed by atoms with Gasteiger partial charge < -0.3 is 4.74 Å². The van der Waals surface area contributed by atoms with Crippen molar-refractivity contribution in [2.45, 2.75) is 40.0 Å². The van der Waals surface area contributed by atoms with Crippen LogP contribution in [-0.4, -0.2) is 13.1 Å². The fraction of sp³-hybridized carbons (Fsp3) is 0.667. The van der Waals surface area contributed by atoms with Crippen molar-refractivity contribution in [1.82, 2.24) is 0 Å². The first-order valence-electron chi connectivity index (χ1n) is 5.25. The highest BCUT2D eigenvalue weighted by molar-refractivity contribution is 5.83. The molecule has 0 radical (unpaired) electrons. The van der Waals surface area contributed by atoms with E-state index in [0.717, 1.165) is 24.8 Å². The van der Waals surface area contributed by atoms with Gasteiger partial charge in [-0.1, -0.05) is 26.3 Å². The predicted molar refractivity (Wildman–Crippen MR) is 59.0 cm³/mol. The lowest BCUT2D eigenvalue weighted by Crippen LogP contribution is -2.29. The van der Waals surface area contributed by atoms with Gasteiger partial charge in [0, 0.05) is 0 Å². The molecular weight excluding hydrogens is 190 g/mol. The number of allylic oxidation sites excluding steroid dienone is 1. The third-order valence-corrected chi connectivity index (χ3v) is 2.43. The Morgan fingerprint density at radius 2 is 2.13 bits per heavy atom. The number of esters is 1. The van der Waals surface area contributed by atoms with Gasteiger partial charge >= 0.3 is 5.97 Å². The Hall–Kier alpha value is -1.30. The van der Waals surface area contributed by atoms with E-state index in [4.69, 9.17) is 5.26 Å². The maximum atomic E-state index is 11.6. The molecule has 15 heavy (non-hydrogen) atoms. The van der Waals surface area contributed by atoms with Crippen molar-refractivity contribution in [3.63, 3.8) is 0 Å². The van der Waals surface area contributed by atoms with Crippen molar-refractivity contribution in [2.24, 2.45) is 5.41 Å². The molecule has 1 unspecified atom stereocenters.